The lowest BCUT2D eigenvalue weighted by Crippen LogP contribution is -2.09. The van der Waals surface area contributed by atoms with Crippen LogP contribution in [0.15, 0.2) is 21.7 Å². The molecule has 1 aromatic heterocycles. The topological polar surface area (TPSA) is 42.2 Å². The highest BCUT2D eigenvalue weighted by Crippen LogP contribution is 2.31. The second-order valence-electron chi connectivity index (χ2n) is 3.37. The van der Waals surface area contributed by atoms with E-state index in [2.05, 4.69) is 23.3 Å². The van der Waals surface area contributed by atoms with Gasteiger partial charge in [0.25, 0.3) is 0 Å². The molecule has 2 aromatic rings. The summed E-state index contributed by atoms with van der Waals surface area (Å²) in [7, 11) is 3.96. The van der Waals surface area contributed by atoms with E-state index in [1.165, 1.54) is 0 Å². The number of anilines is 1. The Kier molecular flexibility index (Phi) is 2.81. The number of nitrogens with zero attached hydrogens (tertiary/aromatic N) is 3. The molecule has 0 aliphatic rings. The van der Waals surface area contributed by atoms with Gasteiger partial charge >= 0.3 is 0 Å². The van der Waals surface area contributed by atoms with Crippen molar-refractivity contribution < 1.29 is 4.63 Å². The molecule has 0 amide bonds. The molecular formula is C10H13N3OS. The summed E-state index contributed by atoms with van der Waals surface area (Å²) in [5.41, 5.74) is 2.72. The summed E-state index contributed by atoms with van der Waals surface area (Å²) < 4.78 is 4.80. The van der Waals surface area contributed by atoms with Crippen LogP contribution in [0.5, 0.6) is 0 Å². The van der Waals surface area contributed by atoms with Crippen LogP contribution in [0.25, 0.3) is 11.0 Å². The Morgan fingerprint density at radius 1 is 1.27 bits per heavy atom. The van der Waals surface area contributed by atoms with Crippen LogP contribution in [-0.2, 0) is 0 Å². The van der Waals surface area contributed by atoms with E-state index < -0.39 is 0 Å². The lowest BCUT2D eigenvalue weighted by molar-refractivity contribution is 0.315. The van der Waals surface area contributed by atoms with Crippen molar-refractivity contribution in [1.82, 2.24) is 10.3 Å². The van der Waals surface area contributed by atoms with Crippen molar-refractivity contribution in [2.75, 3.05) is 24.7 Å². The van der Waals surface area contributed by atoms with Crippen LogP contribution < -0.4 is 4.90 Å². The van der Waals surface area contributed by atoms with Crippen molar-refractivity contribution in [3.8, 4) is 0 Å². The molecule has 0 atom stereocenters. The van der Waals surface area contributed by atoms with Gasteiger partial charge in [-0.25, -0.2) is 4.63 Å². The quantitative estimate of drug-likeness (QED) is 0.747. The predicted molar refractivity (Wildman–Crippen MR) is 62.5 cm³/mol. The molecule has 0 spiro atoms. The van der Waals surface area contributed by atoms with E-state index in [9.17, 15) is 0 Å². The third-order valence-electron chi connectivity index (χ3n) is 2.14. The van der Waals surface area contributed by atoms with E-state index in [1.807, 2.05) is 25.1 Å². The molecule has 0 fully saturated rings. The normalized spacial score (nSPS) is 10.9. The lowest BCUT2D eigenvalue weighted by atomic mass is 10.2. The van der Waals surface area contributed by atoms with Crippen molar-refractivity contribution in [1.29, 1.82) is 0 Å². The summed E-state index contributed by atoms with van der Waals surface area (Å²) in [4.78, 5) is 3.13. The van der Waals surface area contributed by atoms with Gasteiger partial charge < -0.3 is 4.90 Å². The van der Waals surface area contributed by atoms with Crippen LogP contribution in [-0.4, -0.2) is 30.2 Å². The molecule has 2 rings (SSSR count). The molecule has 1 heterocycles. The number of fused-ring (bicyclic) bond motifs is 1. The fourth-order valence-electron chi connectivity index (χ4n) is 1.46. The summed E-state index contributed by atoms with van der Waals surface area (Å²) in [6, 6.07) is 4.11. The van der Waals surface area contributed by atoms with E-state index in [1.54, 1.807) is 11.8 Å². The molecule has 0 aliphatic carbocycles. The van der Waals surface area contributed by atoms with Gasteiger partial charge in [-0.3, -0.25) is 0 Å². The van der Waals surface area contributed by atoms with Crippen LogP contribution in [0, 0.1) is 0 Å². The molecule has 0 unspecified atom stereocenters. The molecule has 1 aromatic carbocycles. The highest BCUT2D eigenvalue weighted by atomic mass is 32.2. The maximum Gasteiger partial charge on any atom is 0.159 e. The second-order valence-corrected chi connectivity index (χ2v) is 4.68. The van der Waals surface area contributed by atoms with Gasteiger partial charge in [0.15, 0.2) is 11.0 Å². The number of rotatable bonds is 3. The SMILES string of the molecule is CCSc1ccc(N(C)C)c2nonc12. The first-order valence-corrected chi connectivity index (χ1v) is 5.78. The molecule has 0 saturated heterocycles. The number of aromatic nitrogens is 2. The van der Waals surface area contributed by atoms with Gasteiger partial charge in [0.05, 0.1) is 5.69 Å². The zero-order chi connectivity index (χ0) is 10.8. The Hall–Kier alpha value is -1.23. The third kappa shape index (κ3) is 1.79. The molecule has 4 nitrogen and oxygen atoms in total. The van der Waals surface area contributed by atoms with Gasteiger partial charge in [0.1, 0.15) is 0 Å². The Morgan fingerprint density at radius 2 is 2.00 bits per heavy atom. The Labute approximate surface area is 92.6 Å². The van der Waals surface area contributed by atoms with Gasteiger partial charge in [-0.15, -0.1) is 11.8 Å². The van der Waals surface area contributed by atoms with Crippen LogP contribution in [0.3, 0.4) is 0 Å². The highest BCUT2D eigenvalue weighted by Gasteiger charge is 2.12. The fourth-order valence-corrected chi connectivity index (χ4v) is 2.21. The maximum absolute atomic E-state index is 4.80. The van der Waals surface area contributed by atoms with Gasteiger partial charge in [-0.05, 0) is 28.2 Å². The Bertz CT molecular complexity index is 467. The first-order valence-electron chi connectivity index (χ1n) is 4.79. The first-order chi connectivity index (χ1) is 7.24. The minimum absolute atomic E-state index is 0.832. The van der Waals surface area contributed by atoms with E-state index in [4.69, 9.17) is 4.63 Å². The Morgan fingerprint density at radius 3 is 2.67 bits per heavy atom. The third-order valence-corrected chi connectivity index (χ3v) is 3.07. The van der Waals surface area contributed by atoms with Gasteiger partial charge in [-0.2, -0.15) is 0 Å². The fraction of sp³-hybridized carbons (Fsp3) is 0.400. The maximum atomic E-state index is 4.80. The lowest BCUT2D eigenvalue weighted by Gasteiger charge is -2.12. The first kappa shape index (κ1) is 10.3. The van der Waals surface area contributed by atoms with Gasteiger partial charge in [0.2, 0.25) is 0 Å². The van der Waals surface area contributed by atoms with Gasteiger partial charge in [-0.1, -0.05) is 6.92 Å². The average Bonchev–Trinajstić information content (AvgIpc) is 2.66. The van der Waals surface area contributed by atoms with Crippen LogP contribution >= 0.6 is 11.8 Å². The summed E-state index contributed by atoms with van der Waals surface area (Å²) in [5, 5.41) is 7.89. The molecule has 0 aliphatic heterocycles. The molecule has 0 bridgehead atoms. The zero-order valence-electron chi connectivity index (χ0n) is 9.02. The van der Waals surface area contributed by atoms with Crippen LogP contribution in [0.1, 0.15) is 6.92 Å². The number of thioether (sulfide) groups is 1. The standard InChI is InChI=1S/C10H13N3OS/c1-4-15-8-6-5-7(13(2)3)9-10(8)12-14-11-9/h5-6H,4H2,1-3H3. The number of benzene rings is 1. The molecule has 80 valence electrons. The van der Waals surface area contributed by atoms with Crippen molar-refractivity contribution in [3.05, 3.63) is 12.1 Å². The largest absolute Gasteiger partial charge is 0.376 e. The van der Waals surface area contributed by atoms with Gasteiger partial charge in [0, 0.05) is 19.0 Å². The summed E-state index contributed by atoms with van der Waals surface area (Å²) in [6.07, 6.45) is 0. The minimum Gasteiger partial charge on any atom is -0.376 e. The highest BCUT2D eigenvalue weighted by molar-refractivity contribution is 7.99. The van der Waals surface area contributed by atoms with E-state index >= 15 is 0 Å². The van der Waals surface area contributed by atoms with E-state index in [0.29, 0.717) is 0 Å². The molecule has 0 saturated carbocycles. The van der Waals surface area contributed by atoms with Crippen LogP contribution in [0.4, 0.5) is 5.69 Å². The van der Waals surface area contributed by atoms with Crippen molar-refractivity contribution in [2.24, 2.45) is 0 Å². The van der Waals surface area contributed by atoms with Crippen molar-refractivity contribution in [2.45, 2.75) is 11.8 Å². The van der Waals surface area contributed by atoms with Crippen molar-refractivity contribution in [3.63, 3.8) is 0 Å². The molecular weight excluding hydrogens is 210 g/mol. The molecule has 0 radical (unpaired) electrons. The smallest absolute Gasteiger partial charge is 0.159 e. The monoisotopic (exact) mass is 223 g/mol. The number of hydrogen-bond donors (Lipinski definition) is 0. The molecule has 15 heavy (non-hydrogen) atoms. The average molecular weight is 223 g/mol. The predicted octanol–water partition coefficient (Wildman–Crippen LogP) is 2.40. The van der Waals surface area contributed by atoms with E-state index in [0.717, 1.165) is 27.4 Å². The number of hydrogen-bond acceptors (Lipinski definition) is 5. The molecule has 0 N–H and O–H groups in total. The Balaban J connectivity index is 2.60. The van der Waals surface area contributed by atoms with Crippen LogP contribution in [0.2, 0.25) is 0 Å². The summed E-state index contributed by atoms with van der Waals surface area (Å²) >= 11 is 1.75. The molecule has 5 heteroatoms. The van der Waals surface area contributed by atoms with E-state index in [-0.39, 0.29) is 0 Å². The summed E-state index contributed by atoms with van der Waals surface area (Å²) in [6.45, 7) is 2.11. The summed E-state index contributed by atoms with van der Waals surface area (Å²) in [5.74, 6) is 1.02. The minimum atomic E-state index is 0.832. The van der Waals surface area contributed by atoms with Crippen molar-refractivity contribution >= 4 is 28.5 Å². The second kappa shape index (κ2) is 4.10. The zero-order valence-corrected chi connectivity index (χ0v) is 9.84.